The number of aromatic nitrogens is 3. The number of rotatable bonds is 10. The van der Waals surface area contributed by atoms with Gasteiger partial charge in [-0.25, -0.2) is 0 Å². The van der Waals surface area contributed by atoms with Crippen molar-refractivity contribution >= 4 is 76.5 Å². The molecule has 4 nitrogen and oxygen atoms in total. The third-order valence-corrected chi connectivity index (χ3v) is 9.13. The van der Waals surface area contributed by atoms with Crippen LogP contribution in [-0.2, 0) is 0 Å². The molecule has 0 aromatic carbocycles. The molecule has 0 unspecified atom stereocenters. The molecule has 4 heterocycles. The standard InChI is InChI=1S/C23H28N4S4/c1-5-8-10-27(11-9-6-2)20-13-18-17(30-20)12-19(29-18)22-23-21(25-31-26-23)15(14-24-22)16(7-3)28-4/h7,12-14H,5-6,8-11H2,1-4H3/b16-7-. The van der Waals surface area contributed by atoms with Gasteiger partial charge in [0.25, 0.3) is 0 Å². The van der Waals surface area contributed by atoms with Gasteiger partial charge in [-0.15, -0.1) is 34.4 Å². The number of nitrogens with zero attached hydrogens (tertiary/aromatic N) is 4. The number of unbranched alkanes of at least 4 members (excludes halogenated alkanes) is 2. The van der Waals surface area contributed by atoms with Crippen LogP contribution in [-0.4, -0.2) is 33.1 Å². The van der Waals surface area contributed by atoms with Gasteiger partial charge >= 0.3 is 0 Å². The molecule has 0 N–H and O–H groups in total. The Balaban J connectivity index is 1.68. The first-order valence-electron chi connectivity index (χ1n) is 10.8. The maximum Gasteiger partial charge on any atom is 0.132 e. The SMILES string of the molecule is C/C=C(\SC)c1cnc(-c2cc3sc(N(CCCC)CCCC)cc3s2)c2nsnc12. The van der Waals surface area contributed by atoms with Crippen LogP contribution in [0.15, 0.2) is 24.4 Å². The van der Waals surface area contributed by atoms with Crippen molar-refractivity contribution in [3.63, 3.8) is 0 Å². The van der Waals surface area contributed by atoms with E-state index in [1.807, 2.05) is 28.9 Å². The summed E-state index contributed by atoms with van der Waals surface area (Å²) in [5, 5.41) is 1.40. The molecule has 0 aliphatic heterocycles. The molecule has 164 valence electrons. The summed E-state index contributed by atoms with van der Waals surface area (Å²) >= 11 is 6.72. The van der Waals surface area contributed by atoms with E-state index in [-0.39, 0.29) is 0 Å². The molecule has 0 atom stereocenters. The van der Waals surface area contributed by atoms with Crippen molar-refractivity contribution in [2.75, 3.05) is 24.2 Å². The Hall–Kier alpha value is -1.48. The molecule has 0 aliphatic rings. The van der Waals surface area contributed by atoms with Crippen molar-refractivity contribution in [3.8, 4) is 10.6 Å². The third-order valence-electron chi connectivity index (χ3n) is 5.34. The summed E-state index contributed by atoms with van der Waals surface area (Å²) in [5.74, 6) is 0. The molecule has 4 rings (SSSR count). The Labute approximate surface area is 200 Å². The number of fused-ring (bicyclic) bond motifs is 2. The van der Waals surface area contributed by atoms with Crippen molar-refractivity contribution in [1.82, 2.24) is 13.7 Å². The zero-order chi connectivity index (χ0) is 21.8. The zero-order valence-electron chi connectivity index (χ0n) is 18.5. The fourth-order valence-electron chi connectivity index (χ4n) is 3.64. The summed E-state index contributed by atoms with van der Waals surface area (Å²) in [6.45, 7) is 8.88. The van der Waals surface area contributed by atoms with Gasteiger partial charge in [0.2, 0.25) is 0 Å². The first-order valence-corrected chi connectivity index (χ1v) is 14.4. The van der Waals surface area contributed by atoms with E-state index in [4.69, 9.17) is 4.98 Å². The lowest BCUT2D eigenvalue weighted by Crippen LogP contribution is -2.24. The van der Waals surface area contributed by atoms with Gasteiger partial charge in [-0.05, 0) is 38.2 Å². The van der Waals surface area contributed by atoms with Gasteiger partial charge in [0.05, 0.1) is 21.6 Å². The number of pyridine rings is 1. The predicted octanol–water partition coefficient (Wildman–Crippen LogP) is 8.16. The molecule has 0 spiro atoms. The average molecular weight is 489 g/mol. The van der Waals surface area contributed by atoms with Crippen molar-refractivity contribution < 1.29 is 0 Å². The lowest BCUT2D eigenvalue weighted by molar-refractivity contribution is 0.682. The molecule has 0 saturated carbocycles. The van der Waals surface area contributed by atoms with Crippen LogP contribution in [0, 0.1) is 0 Å². The van der Waals surface area contributed by atoms with E-state index in [9.17, 15) is 0 Å². The Morgan fingerprint density at radius 3 is 2.39 bits per heavy atom. The van der Waals surface area contributed by atoms with Crippen LogP contribution in [0.25, 0.3) is 35.9 Å². The lowest BCUT2D eigenvalue weighted by Gasteiger charge is -2.22. The first kappa shape index (κ1) is 22.7. The Bertz CT molecular complexity index is 1150. The van der Waals surface area contributed by atoms with Gasteiger partial charge in [0.15, 0.2) is 0 Å². The monoisotopic (exact) mass is 488 g/mol. The number of anilines is 1. The van der Waals surface area contributed by atoms with Gasteiger partial charge in [0, 0.05) is 39.2 Å². The molecular formula is C23H28N4S4. The van der Waals surface area contributed by atoms with Crippen molar-refractivity contribution in [1.29, 1.82) is 0 Å². The molecule has 0 amide bonds. The Morgan fingerprint density at radius 2 is 1.74 bits per heavy atom. The molecule has 8 heteroatoms. The van der Waals surface area contributed by atoms with Crippen molar-refractivity contribution in [3.05, 3.63) is 30.0 Å². The summed E-state index contributed by atoms with van der Waals surface area (Å²) in [7, 11) is 0. The van der Waals surface area contributed by atoms with E-state index in [1.54, 1.807) is 11.8 Å². The molecule has 0 saturated heterocycles. The van der Waals surface area contributed by atoms with Crippen LogP contribution in [0.5, 0.6) is 0 Å². The van der Waals surface area contributed by atoms with Crippen molar-refractivity contribution in [2.45, 2.75) is 46.5 Å². The molecule has 0 bridgehead atoms. The van der Waals surface area contributed by atoms with E-state index in [2.05, 4.69) is 58.9 Å². The van der Waals surface area contributed by atoms with Crippen LogP contribution in [0.2, 0.25) is 0 Å². The highest BCUT2D eigenvalue weighted by Crippen LogP contribution is 2.43. The average Bonchev–Trinajstić information content (AvgIpc) is 3.50. The van der Waals surface area contributed by atoms with Gasteiger partial charge < -0.3 is 4.90 Å². The summed E-state index contributed by atoms with van der Waals surface area (Å²) in [5.41, 5.74) is 3.90. The minimum Gasteiger partial charge on any atom is -0.363 e. The number of allylic oxidation sites excluding steroid dienone is 1. The Kier molecular flexibility index (Phi) is 7.63. The van der Waals surface area contributed by atoms with Gasteiger partial charge in [-0.3, -0.25) is 4.98 Å². The summed E-state index contributed by atoms with van der Waals surface area (Å²) in [4.78, 5) is 9.77. The maximum atomic E-state index is 4.83. The first-order chi connectivity index (χ1) is 15.2. The highest BCUT2D eigenvalue weighted by molar-refractivity contribution is 8.07. The number of hydrogen-bond donors (Lipinski definition) is 0. The van der Waals surface area contributed by atoms with Crippen LogP contribution in [0.1, 0.15) is 52.0 Å². The maximum absolute atomic E-state index is 4.83. The van der Waals surface area contributed by atoms with Crippen molar-refractivity contribution in [2.24, 2.45) is 0 Å². The predicted molar refractivity (Wildman–Crippen MR) is 143 cm³/mol. The smallest absolute Gasteiger partial charge is 0.132 e. The highest BCUT2D eigenvalue weighted by Gasteiger charge is 2.19. The van der Waals surface area contributed by atoms with E-state index >= 15 is 0 Å². The summed E-state index contributed by atoms with van der Waals surface area (Å²) in [6.07, 6.45) is 11.1. The fraction of sp³-hybridized carbons (Fsp3) is 0.435. The largest absolute Gasteiger partial charge is 0.363 e. The van der Waals surface area contributed by atoms with E-state index in [0.29, 0.717) is 0 Å². The molecule has 4 aromatic rings. The molecule has 4 aromatic heterocycles. The van der Waals surface area contributed by atoms with Crippen LogP contribution in [0.4, 0.5) is 5.00 Å². The zero-order valence-corrected chi connectivity index (χ0v) is 21.7. The minimum absolute atomic E-state index is 0.914. The van der Waals surface area contributed by atoms with Gasteiger partial charge in [0.1, 0.15) is 16.7 Å². The molecule has 0 fully saturated rings. The van der Waals surface area contributed by atoms with Gasteiger partial charge in [-0.2, -0.15) is 8.75 Å². The van der Waals surface area contributed by atoms with Crippen LogP contribution < -0.4 is 4.90 Å². The van der Waals surface area contributed by atoms with E-state index in [1.165, 1.54) is 61.6 Å². The number of thioether (sulfide) groups is 1. The van der Waals surface area contributed by atoms with Crippen LogP contribution in [0.3, 0.4) is 0 Å². The Morgan fingerprint density at radius 1 is 1.03 bits per heavy atom. The fourth-order valence-corrected chi connectivity index (χ4v) is 7.25. The van der Waals surface area contributed by atoms with E-state index in [0.717, 1.165) is 35.4 Å². The molecular weight excluding hydrogens is 461 g/mol. The topological polar surface area (TPSA) is 41.9 Å². The lowest BCUT2D eigenvalue weighted by atomic mass is 10.1. The third kappa shape index (κ3) is 4.67. The second kappa shape index (κ2) is 10.4. The minimum atomic E-state index is 0.914. The summed E-state index contributed by atoms with van der Waals surface area (Å²) in [6, 6.07) is 4.66. The number of hydrogen-bond acceptors (Lipinski definition) is 8. The molecule has 31 heavy (non-hydrogen) atoms. The van der Waals surface area contributed by atoms with Gasteiger partial charge in [-0.1, -0.05) is 32.8 Å². The van der Waals surface area contributed by atoms with Crippen LogP contribution >= 0.6 is 46.2 Å². The van der Waals surface area contributed by atoms with E-state index < -0.39 is 0 Å². The number of thiophene rings is 2. The quantitative estimate of drug-likeness (QED) is 0.225. The second-order valence-electron chi connectivity index (χ2n) is 7.46. The summed E-state index contributed by atoms with van der Waals surface area (Å²) < 4.78 is 11.9. The molecule has 0 aliphatic carbocycles. The second-order valence-corrected chi connectivity index (χ2v) is 11.0. The normalized spacial score (nSPS) is 12.3. The molecule has 0 radical (unpaired) electrons. The highest BCUT2D eigenvalue weighted by atomic mass is 32.2.